The van der Waals surface area contributed by atoms with Gasteiger partial charge in [0.15, 0.2) is 0 Å². The third kappa shape index (κ3) is 4.79. The molecule has 0 spiro atoms. The molecule has 0 N–H and O–H groups in total. The summed E-state index contributed by atoms with van der Waals surface area (Å²) in [7, 11) is 0. The van der Waals surface area contributed by atoms with Gasteiger partial charge in [0.25, 0.3) is 0 Å². The van der Waals surface area contributed by atoms with Crippen molar-refractivity contribution in [3.05, 3.63) is 69.9 Å². The van der Waals surface area contributed by atoms with Gasteiger partial charge in [-0.3, -0.25) is 4.68 Å². The summed E-state index contributed by atoms with van der Waals surface area (Å²) >= 11 is 5.99. The second-order valence-electron chi connectivity index (χ2n) is 6.43. The van der Waals surface area contributed by atoms with Crippen molar-refractivity contribution in [1.82, 2.24) is 9.78 Å². The molecule has 0 aliphatic rings. The average Bonchev–Trinajstić information content (AvgIpc) is 2.99. The first-order valence-electron chi connectivity index (χ1n) is 8.86. The zero-order valence-electron chi connectivity index (χ0n) is 15.8. The van der Waals surface area contributed by atoms with Gasteiger partial charge in [0.05, 0.1) is 29.9 Å². The molecule has 29 heavy (non-hydrogen) atoms. The molecule has 0 atom stereocenters. The molecule has 8 heteroatoms. The summed E-state index contributed by atoms with van der Waals surface area (Å²) < 4.78 is 46.0. The normalized spacial score (nSPS) is 12.1. The lowest BCUT2D eigenvalue weighted by Crippen LogP contribution is -2.07. The van der Waals surface area contributed by atoms with Crippen LogP contribution in [0.1, 0.15) is 29.3 Å². The number of carbonyl (C=O) groups is 1. The van der Waals surface area contributed by atoms with Crippen LogP contribution in [0.2, 0.25) is 5.02 Å². The molecule has 4 nitrogen and oxygen atoms in total. The fourth-order valence-corrected chi connectivity index (χ4v) is 3.18. The summed E-state index contributed by atoms with van der Waals surface area (Å²) in [4.78, 5) is 11.6. The fraction of sp³-hybridized carbons (Fsp3) is 0.238. The number of esters is 1. The van der Waals surface area contributed by atoms with Gasteiger partial charge < -0.3 is 4.74 Å². The highest BCUT2D eigenvalue weighted by Gasteiger charge is 2.31. The molecule has 0 aliphatic carbocycles. The van der Waals surface area contributed by atoms with Crippen LogP contribution in [0.4, 0.5) is 13.2 Å². The molecule has 1 aromatic heterocycles. The van der Waals surface area contributed by atoms with E-state index in [1.54, 1.807) is 19.1 Å². The highest BCUT2D eigenvalue weighted by Crippen LogP contribution is 2.33. The van der Waals surface area contributed by atoms with E-state index >= 15 is 0 Å². The summed E-state index contributed by atoms with van der Waals surface area (Å²) in [5, 5.41) is 5.51. The van der Waals surface area contributed by atoms with Crippen LogP contribution in [-0.2, 0) is 22.3 Å². The van der Waals surface area contributed by atoms with Gasteiger partial charge in [0.2, 0.25) is 0 Å². The Balaban J connectivity index is 2.09. The van der Waals surface area contributed by atoms with Crippen molar-refractivity contribution in [3.8, 4) is 0 Å². The lowest BCUT2D eigenvalue weighted by Gasteiger charge is -2.10. The minimum Gasteiger partial charge on any atom is -0.463 e. The number of nitrogens with zero attached hydrogens (tertiary/aromatic N) is 2. The number of alkyl halides is 3. The largest absolute Gasteiger partial charge is 0.463 e. The van der Waals surface area contributed by atoms with Crippen molar-refractivity contribution >= 4 is 34.5 Å². The van der Waals surface area contributed by atoms with Crippen LogP contribution in [0.5, 0.6) is 0 Å². The summed E-state index contributed by atoms with van der Waals surface area (Å²) in [6, 6.07) is 8.75. The Morgan fingerprint density at radius 2 is 2.00 bits per heavy atom. The third-order valence-electron chi connectivity index (χ3n) is 4.40. The molecule has 3 aromatic rings. The summed E-state index contributed by atoms with van der Waals surface area (Å²) in [6.07, 6.45) is -1.82. The van der Waals surface area contributed by atoms with Crippen molar-refractivity contribution in [1.29, 1.82) is 0 Å². The van der Waals surface area contributed by atoms with Crippen LogP contribution in [0.3, 0.4) is 0 Å². The number of ether oxygens (including phenoxy) is 1. The van der Waals surface area contributed by atoms with E-state index in [0.717, 1.165) is 23.3 Å². The molecular weight excluding hydrogens is 405 g/mol. The quantitative estimate of drug-likeness (QED) is 0.394. The summed E-state index contributed by atoms with van der Waals surface area (Å²) in [5.41, 5.74) is 1.71. The van der Waals surface area contributed by atoms with Crippen LogP contribution in [-0.4, -0.2) is 22.4 Å². The minimum atomic E-state index is -4.47. The van der Waals surface area contributed by atoms with Crippen LogP contribution in [0.25, 0.3) is 17.0 Å². The molecule has 0 unspecified atom stereocenters. The Hall–Kier alpha value is -2.80. The second kappa shape index (κ2) is 8.29. The van der Waals surface area contributed by atoms with Crippen molar-refractivity contribution in [2.24, 2.45) is 0 Å². The van der Waals surface area contributed by atoms with Gasteiger partial charge in [-0.2, -0.15) is 18.3 Å². The Morgan fingerprint density at radius 1 is 1.24 bits per heavy atom. The minimum absolute atomic E-state index is 0.225. The number of rotatable bonds is 5. The van der Waals surface area contributed by atoms with Gasteiger partial charge in [-0.05, 0) is 61.4 Å². The first kappa shape index (κ1) is 20.9. The van der Waals surface area contributed by atoms with Crippen LogP contribution >= 0.6 is 11.6 Å². The smallest absolute Gasteiger partial charge is 0.416 e. The Labute approximate surface area is 170 Å². The number of carbonyl (C=O) groups excluding carboxylic acids is 1. The first-order chi connectivity index (χ1) is 13.7. The van der Waals surface area contributed by atoms with Crippen molar-refractivity contribution < 1.29 is 22.7 Å². The Kier molecular flexibility index (Phi) is 5.98. The maximum absolute atomic E-state index is 13.2. The van der Waals surface area contributed by atoms with E-state index in [1.807, 2.05) is 13.0 Å². The first-order valence-corrected chi connectivity index (χ1v) is 9.24. The lowest BCUT2D eigenvalue weighted by molar-refractivity contribution is -0.138. The second-order valence-corrected chi connectivity index (χ2v) is 6.87. The zero-order chi connectivity index (χ0) is 21.2. The Morgan fingerprint density at radius 3 is 2.66 bits per heavy atom. The number of fused-ring (bicyclic) bond motifs is 1. The van der Waals surface area contributed by atoms with Crippen LogP contribution in [0, 0.1) is 6.92 Å². The van der Waals surface area contributed by atoms with Gasteiger partial charge in [0, 0.05) is 16.5 Å². The van der Waals surface area contributed by atoms with Gasteiger partial charge in [-0.15, -0.1) is 0 Å². The summed E-state index contributed by atoms with van der Waals surface area (Å²) in [6.45, 7) is 4.04. The number of benzene rings is 2. The average molecular weight is 423 g/mol. The van der Waals surface area contributed by atoms with Crippen molar-refractivity contribution in [2.75, 3.05) is 6.61 Å². The number of hydrogen-bond donors (Lipinski definition) is 0. The van der Waals surface area contributed by atoms with E-state index in [-0.39, 0.29) is 13.2 Å². The SMILES string of the molecule is CCOC(=O)C=Cc1nn(Cc2ccc(Cl)cc2C)c2cc(C(F)(F)F)ccc12. The molecule has 3 rings (SSSR count). The summed E-state index contributed by atoms with van der Waals surface area (Å²) in [5.74, 6) is -0.546. The van der Waals surface area contributed by atoms with E-state index < -0.39 is 17.7 Å². The molecular formula is C21H18ClF3N2O2. The fourth-order valence-electron chi connectivity index (χ4n) is 2.95. The van der Waals surface area contributed by atoms with Gasteiger partial charge in [-0.1, -0.05) is 17.7 Å². The highest BCUT2D eigenvalue weighted by atomic mass is 35.5. The van der Waals surface area contributed by atoms with Gasteiger partial charge in [0.1, 0.15) is 0 Å². The van der Waals surface area contributed by atoms with Crippen LogP contribution in [0.15, 0.2) is 42.5 Å². The molecule has 0 saturated heterocycles. The van der Waals surface area contributed by atoms with E-state index in [0.29, 0.717) is 21.6 Å². The molecule has 1 heterocycles. The number of aromatic nitrogens is 2. The number of halogens is 4. The van der Waals surface area contributed by atoms with Gasteiger partial charge in [-0.25, -0.2) is 4.79 Å². The molecule has 152 valence electrons. The maximum Gasteiger partial charge on any atom is 0.416 e. The van der Waals surface area contributed by atoms with Crippen LogP contribution < -0.4 is 0 Å². The zero-order valence-corrected chi connectivity index (χ0v) is 16.5. The van der Waals surface area contributed by atoms with E-state index in [2.05, 4.69) is 5.10 Å². The highest BCUT2D eigenvalue weighted by molar-refractivity contribution is 6.30. The predicted octanol–water partition coefficient (Wildman–Crippen LogP) is 5.64. The predicted molar refractivity (Wildman–Crippen MR) is 106 cm³/mol. The van der Waals surface area contributed by atoms with E-state index in [1.165, 1.54) is 22.9 Å². The lowest BCUT2D eigenvalue weighted by atomic mass is 10.1. The maximum atomic E-state index is 13.2. The van der Waals surface area contributed by atoms with Crippen molar-refractivity contribution in [3.63, 3.8) is 0 Å². The molecule has 0 bridgehead atoms. The third-order valence-corrected chi connectivity index (χ3v) is 4.63. The molecule has 0 radical (unpaired) electrons. The topological polar surface area (TPSA) is 44.1 Å². The molecule has 0 fully saturated rings. The van der Waals surface area contributed by atoms with Gasteiger partial charge >= 0.3 is 12.1 Å². The number of hydrogen-bond acceptors (Lipinski definition) is 3. The Bertz CT molecular complexity index is 1090. The van der Waals surface area contributed by atoms with E-state index in [4.69, 9.17) is 16.3 Å². The molecule has 0 amide bonds. The van der Waals surface area contributed by atoms with Crippen molar-refractivity contribution in [2.45, 2.75) is 26.6 Å². The van der Waals surface area contributed by atoms with E-state index in [9.17, 15) is 18.0 Å². The molecule has 2 aromatic carbocycles. The molecule has 0 saturated carbocycles. The standard InChI is InChI=1S/C21H18ClF3N2O2/c1-3-29-20(28)9-8-18-17-7-5-15(21(23,24)25)11-19(17)27(26-18)12-14-4-6-16(22)10-13(14)2/h4-11H,3,12H2,1-2H3. The number of aryl methyl sites for hydroxylation is 1. The monoisotopic (exact) mass is 422 g/mol. The molecule has 0 aliphatic heterocycles.